The molecule has 0 aliphatic heterocycles. The molecule has 0 spiro atoms. The number of aryl methyl sites for hydroxylation is 1. The fourth-order valence-corrected chi connectivity index (χ4v) is 3.35. The Morgan fingerprint density at radius 1 is 1.26 bits per heavy atom. The molecule has 0 amide bonds. The first-order valence-corrected chi connectivity index (χ1v) is 7.36. The van der Waals surface area contributed by atoms with E-state index >= 15 is 0 Å². The number of hydrogen-bond donors (Lipinski definition) is 2. The van der Waals surface area contributed by atoms with Crippen LogP contribution in [0.15, 0.2) is 12.1 Å². The van der Waals surface area contributed by atoms with E-state index in [0.29, 0.717) is 23.1 Å². The Morgan fingerprint density at radius 2 is 1.95 bits per heavy atom. The van der Waals surface area contributed by atoms with Gasteiger partial charge in [-0.05, 0) is 56.1 Å². The van der Waals surface area contributed by atoms with Crippen molar-refractivity contribution in [1.82, 2.24) is 0 Å². The van der Waals surface area contributed by atoms with Crippen LogP contribution in [0.25, 0.3) is 0 Å². The number of aromatic hydroxyl groups is 1. The number of nitrogens with one attached hydrogen (secondary N) is 1. The molecular formula is C17H27NO. The minimum Gasteiger partial charge on any atom is -0.507 e. The largest absolute Gasteiger partial charge is 0.507 e. The van der Waals surface area contributed by atoms with Gasteiger partial charge in [0.25, 0.3) is 0 Å². The van der Waals surface area contributed by atoms with Crippen molar-refractivity contribution in [3.8, 4) is 5.75 Å². The Balaban J connectivity index is 2.12. The van der Waals surface area contributed by atoms with E-state index in [9.17, 15) is 5.11 Å². The predicted octanol–water partition coefficient (Wildman–Crippen LogP) is 4.64. The zero-order valence-corrected chi connectivity index (χ0v) is 12.9. The predicted molar refractivity (Wildman–Crippen MR) is 81.8 cm³/mol. The SMILES string of the molecule is Cc1ccc(NC2CCC(C)(C)CC2C)c(C)c1O. The van der Waals surface area contributed by atoms with Crippen molar-refractivity contribution in [2.75, 3.05) is 5.32 Å². The highest BCUT2D eigenvalue weighted by Crippen LogP contribution is 2.40. The minimum atomic E-state index is 0.425. The molecule has 0 saturated heterocycles. The minimum absolute atomic E-state index is 0.425. The standard InChI is InChI=1S/C17H27NO/c1-11-6-7-15(13(3)16(11)19)18-14-8-9-17(4,5)10-12(14)2/h6-7,12,14,18-19H,8-10H2,1-5H3. The molecule has 1 saturated carbocycles. The highest BCUT2D eigenvalue weighted by atomic mass is 16.3. The second-order valence-electron chi connectivity index (χ2n) is 7.04. The molecule has 19 heavy (non-hydrogen) atoms. The summed E-state index contributed by atoms with van der Waals surface area (Å²) in [6, 6.07) is 4.60. The van der Waals surface area contributed by atoms with E-state index in [1.165, 1.54) is 19.3 Å². The molecule has 106 valence electrons. The van der Waals surface area contributed by atoms with Crippen LogP contribution in [-0.4, -0.2) is 11.1 Å². The maximum absolute atomic E-state index is 10.0. The molecule has 2 rings (SSSR count). The lowest BCUT2D eigenvalue weighted by Gasteiger charge is -2.40. The van der Waals surface area contributed by atoms with Gasteiger partial charge in [0.1, 0.15) is 5.75 Å². The van der Waals surface area contributed by atoms with Gasteiger partial charge in [0.2, 0.25) is 0 Å². The van der Waals surface area contributed by atoms with Gasteiger partial charge in [0.15, 0.2) is 0 Å². The smallest absolute Gasteiger partial charge is 0.123 e. The molecule has 2 atom stereocenters. The summed E-state index contributed by atoms with van der Waals surface area (Å²) in [5, 5.41) is 13.7. The lowest BCUT2D eigenvalue weighted by atomic mass is 9.70. The second-order valence-corrected chi connectivity index (χ2v) is 7.04. The van der Waals surface area contributed by atoms with Crippen LogP contribution in [0.2, 0.25) is 0 Å². The number of anilines is 1. The number of rotatable bonds is 2. The molecule has 1 aliphatic carbocycles. The Morgan fingerprint density at radius 3 is 2.58 bits per heavy atom. The molecule has 1 fully saturated rings. The van der Waals surface area contributed by atoms with E-state index in [0.717, 1.165) is 16.8 Å². The summed E-state index contributed by atoms with van der Waals surface area (Å²) >= 11 is 0. The highest BCUT2D eigenvalue weighted by Gasteiger charge is 2.32. The van der Waals surface area contributed by atoms with Crippen LogP contribution >= 0.6 is 0 Å². The summed E-state index contributed by atoms with van der Waals surface area (Å²) in [5.74, 6) is 1.10. The van der Waals surface area contributed by atoms with Crippen LogP contribution < -0.4 is 5.32 Å². The monoisotopic (exact) mass is 261 g/mol. The lowest BCUT2D eigenvalue weighted by molar-refractivity contribution is 0.177. The third-order valence-corrected chi connectivity index (χ3v) is 4.67. The number of benzene rings is 1. The van der Waals surface area contributed by atoms with Crippen molar-refractivity contribution in [2.24, 2.45) is 11.3 Å². The average Bonchev–Trinajstić information content (AvgIpc) is 2.32. The Hall–Kier alpha value is -1.18. The van der Waals surface area contributed by atoms with Crippen LogP contribution in [0.5, 0.6) is 5.75 Å². The van der Waals surface area contributed by atoms with E-state index in [2.05, 4.69) is 32.2 Å². The molecule has 2 unspecified atom stereocenters. The van der Waals surface area contributed by atoms with Crippen LogP contribution in [0.3, 0.4) is 0 Å². The van der Waals surface area contributed by atoms with Crippen LogP contribution in [0, 0.1) is 25.2 Å². The third kappa shape index (κ3) is 3.05. The van der Waals surface area contributed by atoms with Gasteiger partial charge >= 0.3 is 0 Å². The van der Waals surface area contributed by atoms with E-state index in [-0.39, 0.29) is 0 Å². The first-order valence-electron chi connectivity index (χ1n) is 7.36. The van der Waals surface area contributed by atoms with Gasteiger partial charge in [-0.15, -0.1) is 0 Å². The molecule has 0 bridgehead atoms. The molecule has 1 aliphatic rings. The summed E-state index contributed by atoms with van der Waals surface area (Å²) in [6.45, 7) is 11.0. The Labute approximate surface area is 117 Å². The summed E-state index contributed by atoms with van der Waals surface area (Å²) in [6.07, 6.45) is 3.75. The molecule has 2 nitrogen and oxygen atoms in total. The molecule has 2 N–H and O–H groups in total. The third-order valence-electron chi connectivity index (χ3n) is 4.67. The fraction of sp³-hybridized carbons (Fsp3) is 0.647. The number of phenolic OH excluding ortho intramolecular Hbond substituents is 1. The van der Waals surface area contributed by atoms with Crippen molar-refractivity contribution >= 4 is 5.69 Å². The van der Waals surface area contributed by atoms with E-state index < -0.39 is 0 Å². The summed E-state index contributed by atoms with van der Waals surface area (Å²) in [5.41, 5.74) is 3.47. The van der Waals surface area contributed by atoms with Crippen LogP contribution in [0.1, 0.15) is 51.2 Å². The quantitative estimate of drug-likeness (QED) is 0.813. The topological polar surface area (TPSA) is 32.3 Å². The van der Waals surface area contributed by atoms with Gasteiger partial charge in [-0.25, -0.2) is 0 Å². The molecule has 1 aromatic carbocycles. The molecule has 2 heteroatoms. The second kappa shape index (κ2) is 5.07. The Bertz CT molecular complexity index is 465. The van der Waals surface area contributed by atoms with E-state index in [1.54, 1.807) is 0 Å². The van der Waals surface area contributed by atoms with Gasteiger partial charge in [-0.2, -0.15) is 0 Å². The first-order chi connectivity index (χ1) is 8.80. The zero-order valence-electron chi connectivity index (χ0n) is 12.9. The number of phenols is 1. The van der Waals surface area contributed by atoms with Gasteiger partial charge in [-0.3, -0.25) is 0 Å². The van der Waals surface area contributed by atoms with Crippen molar-refractivity contribution in [2.45, 2.75) is 59.9 Å². The van der Waals surface area contributed by atoms with E-state index in [1.807, 2.05) is 19.9 Å². The van der Waals surface area contributed by atoms with Gasteiger partial charge in [0, 0.05) is 17.3 Å². The normalized spacial score (nSPS) is 26.2. The summed E-state index contributed by atoms with van der Waals surface area (Å²) in [7, 11) is 0. The maximum atomic E-state index is 10.0. The maximum Gasteiger partial charge on any atom is 0.123 e. The van der Waals surface area contributed by atoms with Gasteiger partial charge < -0.3 is 10.4 Å². The molecular weight excluding hydrogens is 234 g/mol. The van der Waals surface area contributed by atoms with Gasteiger partial charge in [0.05, 0.1) is 0 Å². The molecule has 1 aromatic rings. The fourth-order valence-electron chi connectivity index (χ4n) is 3.35. The molecule has 0 heterocycles. The average molecular weight is 261 g/mol. The first kappa shape index (κ1) is 14.2. The zero-order chi connectivity index (χ0) is 14.2. The summed E-state index contributed by atoms with van der Waals surface area (Å²) in [4.78, 5) is 0. The van der Waals surface area contributed by atoms with Crippen molar-refractivity contribution in [1.29, 1.82) is 0 Å². The van der Waals surface area contributed by atoms with Crippen LogP contribution in [0.4, 0.5) is 5.69 Å². The number of hydrogen-bond acceptors (Lipinski definition) is 2. The van der Waals surface area contributed by atoms with Crippen molar-refractivity contribution < 1.29 is 5.11 Å². The van der Waals surface area contributed by atoms with Crippen molar-refractivity contribution in [3.63, 3.8) is 0 Å². The van der Waals surface area contributed by atoms with Crippen LogP contribution in [-0.2, 0) is 0 Å². The van der Waals surface area contributed by atoms with Gasteiger partial charge in [-0.1, -0.05) is 26.8 Å². The lowest BCUT2D eigenvalue weighted by Crippen LogP contribution is -2.37. The van der Waals surface area contributed by atoms with Crippen molar-refractivity contribution in [3.05, 3.63) is 23.3 Å². The Kier molecular flexibility index (Phi) is 3.80. The highest BCUT2D eigenvalue weighted by molar-refractivity contribution is 5.59. The summed E-state index contributed by atoms with van der Waals surface area (Å²) < 4.78 is 0. The molecule has 0 radical (unpaired) electrons. The van der Waals surface area contributed by atoms with E-state index in [4.69, 9.17) is 0 Å². The molecule has 0 aromatic heterocycles.